The number of nitrogens with zero attached hydrogens (tertiary/aromatic N) is 2. The smallest absolute Gasteiger partial charge is 0.244 e. The minimum Gasteiger partial charge on any atom is -0.351 e. The van der Waals surface area contributed by atoms with Crippen LogP contribution in [0.3, 0.4) is 0 Å². The van der Waals surface area contributed by atoms with Crippen LogP contribution in [0.25, 0.3) is 5.69 Å². The van der Waals surface area contributed by atoms with Crippen molar-refractivity contribution in [3.05, 3.63) is 78.4 Å². The number of nitrogens with one attached hydrogen (secondary N) is 2. The van der Waals surface area contributed by atoms with E-state index in [0.29, 0.717) is 11.3 Å². The lowest BCUT2D eigenvalue weighted by Gasteiger charge is -2.15. The number of sulfonamides is 1. The number of rotatable bonds is 7. The quantitative estimate of drug-likeness (QED) is 0.613. The van der Waals surface area contributed by atoms with Crippen LogP contribution in [0.5, 0.6) is 0 Å². The van der Waals surface area contributed by atoms with Crippen LogP contribution in [0, 0.1) is 11.6 Å². The van der Waals surface area contributed by atoms with Crippen LogP contribution >= 0.6 is 0 Å². The minimum atomic E-state index is -4.21. The summed E-state index contributed by atoms with van der Waals surface area (Å²) in [6.07, 6.45) is 4.59. The van der Waals surface area contributed by atoms with Gasteiger partial charge in [0.2, 0.25) is 15.9 Å². The van der Waals surface area contributed by atoms with Crippen molar-refractivity contribution in [1.29, 1.82) is 0 Å². The largest absolute Gasteiger partial charge is 0.351 e. The lowest BCUT2D eigenvalue weighted by atomic mass is 10.2. The van der Waals surface area contributed by atoms with E-state index in [2.05, 4.69) is 15.0 Å². The van der Waals surface area contributed by atoms with Crippen LogP contribution in [0.2, 0.25) is 0 Å². The van der Waals surface area contributed by atoms with Crippen LogP contribution in [0.15, 0.2) is 66.1 Å². The molecule has 3 aromatic rings. The molecule has 0 saturated heterocycles. The number of hydrogen-bond acceptors (Lipinski definition) is 4. The first-order chi connectivity index (χ1) is 13.8. The highest BCUT2D eigenvalue weighted by Crippen LogP contribution is 2.15. The number of benzene rings is 2. The van der Waals surface area contributed by atoms with Crippen molar-refractivity contribution in [2.45, 2.75) is 24.4 Å². The van der Waals surface area contributed by atoms with E-state index in [4.69, 9.17) is 0 Å². The van der Waals surface area contributed by atoms with Crippen molar-refractivity contribution in [3.8, 4) is 5.69 Å². The Morgan fingerprint density at radius 2 is 1.93 bits per heavy atom. The monoisotopic (exact) mass is 420 g/mol. The van der Waals surface area contributed by atoms with Gasteiger partial charge in [0.15, 0.2) is 0 Å². The van der Waals surface area contributed by atoms with E-state index >= 15 is 0 Å². The summed E-state index contributed by atoms with van der Waals surface area (Å²) in [5.74, 6) is -2.05. The van der Waals surface area contributed by atoms with E-state index in [1.54, 1.807) is 18.3 Å². The maximum Gasteiger partial charge on any atom is 0.244 e. The molecule has 0 aliphatic heterocycles. The van der Waals surface area contributed by atoms with E-state index in [-0.39, 0.29) is 6.54 Å². The molecule has 152 valence electrons. The molecular formula is C19H18F2N4O3S. The Bertz CT molecular complexity index is 1120. The molecule has 0 unspecified atom stereocenters. The van der Waals surface area contributed by atoms with E-state index in [1.807, 2.05) is 0 Å². The Balaban J connectivity index is 1.62. The van der Waals surface area contributed by atoms with Gasteiger partial charge in [-0.3, -0.25) is 4.79 Å². The molecule has 10 heteroatoms. The predicted molar refractivity (Wildman–Crippen MR) is 102 cm³/mol. The fraction of sp³-hybridized carbons (Fsp3) is 0.158. The number of imidazole rings is 1. The summed E-state index contributed by atoms with van der Waals surface area (Å²) < 4.78 is 56.1. The number of carbonyl (C=O) groups excluding carboxylic acids is 1. The molecule has 7 nitrogen and oxygen atoms in total. The van der Waals surface area contributed by atoms with Gasteiger partial charge < -0.3 is 9.88 Å². The van der Waals surface area contributed by atoms with Crippen molar-refractivity contribution >= 4 is 15.9 Å². The van der Waals surface area contributed by atoms with Crippen molar-refractivity contribution in [3.63, 3.8) is 0 Å². The Labute approximate surface area is 166 Å². The zero-order valence-corrected chi connectivity index (χ0v) is 16.2. The van der Waals surface area contributed by atoms with Gasteiger partial charge in [-0.25, -0.2) is 22.2 Å². The van der Waals surface area contributed by atoms with Crippen molar-refractivity contribution in [2.24, 2.45) is 0 Å². The summed E-state index contributed by atoms with van der Waals surface area (Å²) in [6, 6.07) is 8.15. The first kappa shape index (κ1) is 20.6. The summed E-state index contributed by atoms with van der Waals surface area (Å²) in [5.41, 5.74) is 0.799. The van der Waals surface area contributed by atoms with Gasteiger partial charge >= 0.3 is 0 Å². The molecule has 1 heterocycles. The van der Waals surface area contributed by atoms with Crippen molar-refractivity contribution in [2.75, 3.05) is 0 Å². The second kappa shape index (κ2) is 8.50. The Morgan fingerprint density at radius 1 is 1.17 bits per heavy atom. The molecule has 0 fully saturated rings. The van der Waals surface area contributed by atoms with Crippen LogP contribution in [-0.4, -0.2) is 29.9 Å². The zero-order chi connectivity index (χ0) is 21.0. The van der Waals surface area contributed by atoms with Gasteiger partial charge in [0.25, 0.3) is 0 Å². The normalized spacial score (nSPS) is 12.5. The molecule has 0 saturated carbocycles. The topological polar surface area (TPSA) is 93.1 Å². The molecule has 0 bridgehead atoms. The summed E-state index contributed by atoms with van der Waals surface area (Å²) in [7, 11) is -4.21. The van der Waals surface area contributed by atoms with Gasteiger partial charge in [-0.05, 0) is 36.8 Å². The number of amides is 1. The molecule has 29 heavy (non-hydrogen) atoms. The molecule has 2 aromatic carbocycles. The van der Waals surface area contributed by atoms with E-state index in [0.717, 1.165) is 12.1 Å². The maximum atomic E-state index is 14.3. The third kappa shape index (κ3) is 4.84. The predicted octanol–water partition coefficient (Wildman–Crippen LogP) is 2.13. The van der Waals surface area contributed by atoms with Gasteiger partial charge in [-0.2, -0.15) is 4.72 Å². The first-order valence-electron chi connectivity index (χ1n) is 8.59. The number of halogens is 2. The molecule has 0 aliphatic carbocycles. The van der Waals surface area contributed by atoms with Gasteiger partial charge in [0.1, 0.15) is 16.5 Å². The lowest BCUT2D eigenvalue weighted by molar-refractivity contribution is -0.122. The molecule has 1 amide bonds. The van der Waals surface area contributed by atoms with Gasteiger partial charge in [0, 0.05) is 18.9 Å². The molecule has 0 radical (unpaired) electrons. The Hall–Kier alpha value is -3.11. The first-order valence-corrected chi connectivity index (χ1v) is 10.1. The van der Waals surface area contributed by atoms with Gasteiger partial charge in [0.05, 0.1) is 18.1 Å². The highest BCUT2D eigenvalue weighted by Gasteiger charge is 2.24. The fourth-order valence-electron chi connectivity index (χ4n) is 2.63. The van der Waals surface area contributed by atoms with E-state index < -0.39 is 38.5 Å². The standard InChI is InChI=1S/C19H18F2N4O3S/c1-13(24-29(27,28)18-5-3-2-4-15(18)20)19(26)23-11-14-6-7-17(16(21)10-14)25-9-8-22-12-25/h2-10,12-13,24H,11H2,1H3,(H,23,26)/t13-/m0/s1. The molecule has 0 spiro atoms. The Kier molecular flexibility index (Phi) is 6.04. The fourth-order valence-corrected chi connectivity index (χ4v) is 3.91. The van der Waals surface area contributed by atoms with Gasteiger partial charge in [-0.1, -0.05) is 18.2 Å². The second-order valence-electron chi connectivity index (χ2n) is 6.25. The van der Waals surface area contributed by atoms with Crippen LogP contribution in [0.1, 0.15) is 12.5 Å². The number of aromatic nitrogens is 2. The molecule has 3 rings (SSSR count). The lowest BCUT2D eigenvalue weighted by Crippen LogP contribution is -2.44. The summed E-state index contributed by atoms with van der Waals surface area (Å²) in [6.45, 7) is 1.32. The zero-order valence-electron chi connectivity index (χ0n) is 15.3. The van der Waals surface area contributed by atoms with E-state index in [9.17, 15) is 22.0 Å². The van der Waals surface area contributed by atoms with Crippen LogP contribution in [-0.2, 0) is 21.4 Å². The van der Waals surface area contributed by atoms with Crippen molar-refractivity contribution < 1.29 is 22.0 Å². The molecule has 1 aromatic heterocycles. The molecule has 2 N–H and O–H groups in total. The third-order valence-corrected chi connectivity index (χ3v) is 5.69. The summed E-state index contributed by atoms with van der Waals surface area (Å²) in [4.78, 5) is 15.5. The average molecular weight is 420 g/mol. The average Bonchev–Trinajstić information content (AvgIpc) is 3.20. The molecule has 1 atom stereocenters. The SMILES string of the molecule is C[C@H](NS(=O)(=O)c1ccccc1F)C(=O)NCc1ccc(-n2ccnc2)c(F)c1. The second-order valence-corrected chi connectivity index (χ2v) is 7.93. The van der Waals surface area contributed by atoms with Crippen LogP contribution < -0.4 is 10.0 Å². The summed E-state index contributed by atoms with van der Waals surface area (Å²) >= 11 is 0. The van der Waals surface area contributed by atoms with Gasteiger partial charge in [-0.15, -0.1) is 0 Å². The van der Waals surface area contributed by atoms with Crippen molar-refractivity contribution in [1.82, 2.24) is 19.6 Å². The Morgan fingerprint density at radius 3 is 2.59 bits per heavy atom. The highest BCUT2D eigenvalue weighted by molar-refractivity contribution is 7.89. The highest BCUT2D eigenvalue weighted by atomic mass is 32.2. The molecular weight excluding hydrogens is 402 g/mol. The minimum absolute atomic E-state index is 0.00821. The third-order valence-electron chi connectivity index (χ3n) is 4.11. The molecule has 0 aliphatic rings. The number of hydrogen-bond donors (Lipinski definition) is 2. The van der Waals surface area contributed by atoms with E-state index in [1.165, 1.54) is 42.2 Å². The maximum absolute atomic E-state index is 14.3. The number of carbonyl (C=O) groups is 1. The van der Waals surface area contributed by atoms with Crippen LogP contribution in [0.4, 0.5) is 8.78 Å². The summed E-state index contributed by atoms with van der Waals surface area (Å²) in [5, 5.41) is 2.52.